The van der Waals surface area contributed by atoms with E-state index in [9.17, 15) is 19.1 Å². The number of rotatable bonds is 4. The van der Waals surface area contributed by atoms with Crippen molar-refractivity contribution in [2.45, 2.75) is 57.5 Å². The van der Waals surface area contributed by atoms with Gasteiger partial charge in [0, 0.05) is 26.1 Å². The van der Waals surface area contributed by atoms with Gasteiger partial charge in [-0.25, -0.2) is 14.0 Å². The summed E-state index contributed by atoms with van der Waals surface area (Å²) in [5.41, 5.74) is 0.318. The van der Waals surface area contributed by atoms with Crippen LogP contribution in [0.2, 0.25) is 0 Å². The lowest BCUT2D eigenvalue weighted by Gasteiger charge is -2.30. The van der Waals surface area contributed by atoms with Crippen LogP contribution in [-0.2, 0) is 19.1 Å². The molecule has 8 heteroatoms. The van der Waals surface area contributed by atoms with Crippen molar-refractivity contribution in [3.8, 4) is 0 Å². The Morgan fingerprint density at radius 3 is 2.41 bits per heavy atom. The molecule has 0 radical (unpaired) electrons. The topological polar surface area (TPSA) is 96.9 Å². The van der Waals surface area contributed by atoms with E-state index >= 15 is 0 Å². The summed E-state index contributed by atoms with van der Waals surface area (Å²) >= 11 is 0. The molecule has 3 rings (SSSR count). The number of aliphatic hydroxyl groups excluding tert-OH is 1. The zero-order chi connectivity index (χ0) is 19.6. The largest absolute Gasteiger partial charge is 0.419 e. The van der Waals surface area contributed by atoms with E-state index in [1.165, 1.54) is 26.0 Å². The SMILES string of the molecule is CC1(C)OC(=O)C(=CNc2cccc(F)c2NC2CCC(O)CC2)C(=O)O1. The van der Waals surface area contributed by atoms with E-state index in [-0.39, 0.29) is 23.4 Å². The molecule has 146 valence electrons. The third-order valence-electron chi connectivity index (χ3n) is 4.55. The van der Waals surface area contributed by atoms with Gasteiger partial charge in [0.25, 0.3) is 5.79 Å². The fraction of sp³-hybridized carbons (Fsp3) is 0.474. The highest BCUT2D eigenvalue weighted by Gasteiger charge is 2.39. The number of aliphatic hydroxyl groups is 1. The molecule has 2 fully saturated rings. The fourth-order valence-electron chi connectivity index (χ4n) is 3.14. The Kier molecular flexibility index (Phi) is 5.36. The van der Waals surface area contributed by atoms with Crippen LogP contribution >= 0.6 is 0 Å². The molecular formula is C19H23FN2O5. The normalized spacial score (nSPS) is 24.7. The third kappa shape index (κ3) is 4.57. The molecule has 0 atom stereocenters. The van der Waals surface area contributed by atoms with Crippen molar-refractivity contribution >= 4 is 23.3 Å². The molecule has 7 nitrogen and oxygen atoms in total. The second-order valence-electron chi connectivity index (χ2n) is 7.19. The quantitative estimate of drug-likeness (QED) is 0.421. The van der Waals surface area contributed by atoms with Crippen molar-refractivity contribution < 1.29 is 28.6 Å². The maximum atomic E-state index is 14.3. The number of nitrogens with one attached hydrogen (secondary N) is 2. The second-order valence-corrected chi connectivity index (χ2v) is 7.19. The van der Waals surface area contributed by atoms with Crippen molar-refractivity contribution in [1.82, 2.24) is 0 Å². The van der Waals surface area contributed by atoms with Crippen LogP contribution in [0.15, 0.2) is 30.0 Å². The Morgan fingerprint density at radius 2 is 1.78 bits per heavy atom. The van der Waals surface area contributed by atoms with Crippen LogP contribution in [0.4, 0.5) is 15.8 Å². The molecule has 1 saturated heterocycles. The Hall–Kier alpha value is -2.61. The number of halogens is 1. The summed E-state index contributed by atoms with van der Waals surface area (Å²) in [6.45, 7) is 2.92. The predicted octanol–water partition coefficient (Wildman–Crippen LogP) is 2.67. The van der Waals surface area contributed by atoms with Crippen LogP contribution in [0.25, 0.3) is 0 Å². The summed E-state index contributed by atoms with van der Waals surface area (Å²) in [7, 11) is 0. The van der Waals surface area contributed by atoms with Crippen LogP contribution in [0.3, 0.4) is 0 Å². The zero-order valence-electron chi connectivity index (χ0n) is 15.3. The highest BCUT2D eigenvalue weighted by atomic mass is 19.1. The minimum Gasteiger partial charge on any atom is -0.419 e. The van der Waals surface area contributed by atoms with E-state index in [1.807, 2.05) is 0 Å². The highest BCUT2D eigenvalue weighted by molar-refractivity contribution is 6.15. The van der Waals surface area contributed by atoms with Crippen molar-refractivity contribution in [2.24, 2.45) is 0 Å². The van der Waals surface area contributed by atoms with Crippen LogP contribution in [0.5, 0.6) is 0 Å². The minimum absolute atomic E-state index is 0.0314. The number of ether oxygens (including phenoxy) is 2. The van der Waals surface area contributed by atoms with Gasteiger partial charge in [0.1, 0.15) is 5.82 Å². The first-order valence-corrected chi connectivity index (χ1v) is 8.91. The molecule has 1 heterocycles. The second kappa shape index (κ2) is 7.56. The lowest BCUT2D eigenvalue weighted by molar-refractivity contribution is -0.222. The molecule has 0 aromatic heterocycles. The average molecular weight is 378 g/mol. The van der Waals surface area contributed by atoms with Crippen molar-refractivity contribution in [1.29, 1.82) is 0 Å². The van der Waals surface area contributed by atoms with Gasteiger partial charge in [-0.15, -0.1) is 0 Å². The van der Waals surface area contributed by atoms with Crippen molar-refractivity contribution in [3.05, 3.63) is 35.8 Å². The lowest BCUT2D eigenvalue weighted by atomic mass is 9.93. The number of anilines is 2. The van der Waals surface area contributed by atoms with Crippen LogP contribution < -0.4 is 10.6 Å². The summed E-state index contributed by atoms with van der Waals surface area (Å²) in [5.74, 6) is -3.39. The fourth-order valence-corrected chi connectivity index (χ4v) is 3.14. The van der Waals surface area contributed by atoms with Crippen LogP contribution in [0.1, 0.15) is 39.5 Å². The highest BCUT2D eigenvalue weighted by Crippen LogP contribution is 2.30. The van der Waals surface area contributed by atoms with Gasteiger partial charge in [-0.05, 0) is 37.8 Å². The number of hydrogen-bond acceptors (Lipinski definition) is 7. The lowest BCUT2D eigenvalue weighted by Crippen LogP contribution is -2.42. The zero-order valence-corrected chi connectivity index (χ0v) is 15.3. The maximum Gasteiger partial charge on any atom is 0.350 e. The van der Waals surface area contributed by atoms with Gasteiger partial charge in [0.05, 0.1) is 17.5 Å². The average Bonchev–Trinajstić information content (AvgIpc) is 2.57. The number of cyclic esters (lactones) is 2. The Morgan fingerprint density at radius 1 is 1.15 bits per heavy atom. The number of carbonyl (C=O) groups is 2. The first kappa shape index (κ1) is 19.2. The molecule has 1 aromatic carbocycles. The molecule has 1 aliphatic heterocycles. The Bertz CT molecular complexity index is 747. The van der Waals surface area contributed by atoms with E-state index in [2.05, 4.69) is 10.6 Å². The summed E-state index contributed by atoms with van der Waals surface area (Å²) in [6.07, 6.45) is 3.62. The van der Waals surface area contributed by atoms with E-state index in [4.69, 9.17) is 9.47 Å². The minimum atomic E-state index is -1.32. The number of para-hydroxylation sites is 1. The molecular weight excluding hydrogens is 355 g/mol. The molecule has 1 saturated carbocycles. The van der Waals surface area contributed by atoms with Gasteiger partial charge in [0.15, 0.2) is 5.57 Å². The summed E-state index contributed by atoms with van der Waals surface area (Å²) in [6, 6.07) is 4.50. The van der Waals surface area contributed by atoms with E-state index in [1.54, 1.807) is 6.07 Å². The van der Waals surface area contributed by atoms with E-state index in [0.717, 1.165) is 19.0 Å². The van der Waals surface area contributed by atoms with Crippen LogP contribution in [0, 0.1) is 5.82 Å². The molecule has 0 bridgehead atoms. The smallest absolute Gasteiger partial charge is 0.350 e. The van der Waals surface area contributed by atoms with E-state index < -0.39 is 23.5 Å². The molecule has 1 aromatic rings. The number of hydrogen-bond donors (Lipinski definition) is 3. The molecule has 1 aliphatic carbocycles. The molecule has 0 amide bonds. The van der Waals surface area contributed by atoms with Gasteiger partial charge in [-0.2, -0.15) is 0 Å². The molecule has 0 unspecified atom stereocenters. The number of esters is 2. The van der Waals surface area contributed by atoms with Gasteiger partial charge >= 0.3 is 11.9 Å². The molecule has 0 spiro atoms. The molecule has 27 heavy (non-hydrogen) atoms. The summed E-state index contributed by atoms with van der Waals surface area (Å²) in [5, 5.41) is 15.6. The summed E-state index contributed by atoms with van der Waals surface area (Å²) < 4.78 is 24.4. The first-order chi connectivity index (χ1) is 12.7. The standard InChI is InChI=1S/C19H23FN2O5/c1-19(2)26-17(24)13(18(25)27-19)10-21-15-5-3-4-14(20)16(15)22-11-6-8-12(23)9-7-11/h3-5,10-12,21-23H,6-9H2,1-2H3. The predicted molar refractivity (Wildman–Crippen MR) is 96.3 cm³/mol. The molecule has 2 aliphatic rings. The first-order valence-electron chi connectivity index (χ1n) is 8.91. The van der Waals surface area contributed by atoms with Crippen molar-refractivity contribution in [3.63, 3.8) is 0 Å². The number of benzene rings is 1. The van der Waals surface area contributed by atoms with Crippen molar-refractivity contribution in [2.75, 3.05) is 10.6 Å². The van der Waals surface area contributed by atoms with Gasteiger partial charge in [-0.3, -0.25) is 0 Å². The molecule has 3 N–H and O–H groups in total. The van der Waals surface area contributed by atoms with Gasteiger partial charge in [-0.1, -0.05) is 6.07 Å². The Labute approximate surface area is 156 Å². The third-order valence-corrected chi connectivity index (χ3v) is 4.55. The summed E-state index contributed by atoms with van der Waals surface area (Å²) in [4.78, 5) is 24.0. The number of carbonyl (C=O) groups excluding carboxylic acids is 2. The van der Waals surface area contributed by atoms with Crippen LogP contribution in [-0.4, -0.2) is 35.0 Å². The maximum absolute atomic E-state index is 14.3. The van der Waals surface area contributed by atoms with Gasteiger partial charge < -0.3 is 25.2 Å². The Balaban J connectivity index is 1.76. The van der Waals surface area contributed by atoms with Gasteiger partial charge in [0.2, 0.25) is 0 Å². The monoisotopic (exact) mass is 378 g/mol. The van der Waals surface area contributed by atoms with E-state index in [0.29, 0.717) is 18.5 Å².